The van der Waals surface area contributed by atoms with Gasteiger partial charge in [0, 0.05) is 11.8 Å². The van der Waals surface area contributed by atoms with Crippen molar-refractivity contribution in [3.63, 3.8) is 0 Å². The van der Waals surface area contributed by atoms with Gasteiger partial charge in [-0.3, -0.25) is 14.5 Å². The number of aromatic nitrogens is 1. The van der Waals surface area contributed by atoms with Crippen LogP contribution in [-0.4, -0.2) is 33.9 Å². The molecule has 10 heteroatoms. The summed E-state index contributed by atoms with van der Waals surface area (Å²) in [6.07, 6.45) is -0.491. The summed E-state index contributed by atoms with van der Waals surface area (Å²) in [6.45, 7) is 3.22. The number of carbonyl (C=O) groups is 2. The Labute approximate surface area is 159 Å². The molecule has 1 aromatic carbocycles. The third-order valence-corrected chi connectivity index (χ3v) is 4.27. The second-order valence-corrected chi connectivity index (χ2v) is 6.14. The Bertz CT molecular complexity index is 934. The van der Waals surface area contributed by atoms with Crippen LogP contribution in [0.3, 0.4) is 0 Å². The van der Waals surface area contributed by atoms with E-state index in [1.807, 2.05) is 0 Å². The van der Waals surface area contributed by atoms with Gasteiger partial charge in [-0.25, -0.2) is 4.39 Å². The minimum atomic E-state index is -1.04. The second-order valence-electron chi connectivity index (χ2n) is 6.14. The van der Waals surface area contributed by atoms with Crippen molar-refractivity contribution >= 4 is 29.1 Å². The molecule has 2 heterocycles. The number of amides is 2. The zero-order chi connectivity index (χ0) is 20.4. The highest BCUT2D eigenvalue weighted by molar-refractivity contribution is 6.07. The zero-order valence-corrected chi connectivity index (χ0v) is 15.1. The predicted octanol–water partition coefficient (Wildman–Crippen LogP) is 2.66. The summed E-state index contributed by atoms with van der Waals surface area (Å²) in [7, 11) is 0. The lowest BCUT2D eigenvalue weighted by molar-refractivity contribution is -0.389. The van der Waals surface area contributed by atoms with Crippen molar-refractivity contribution in [1.82, 2.24) is 4.98 Å². The van der Waals surface area contributed by atoms with E-state index in [0.29, 0.717) is 12.1 Å². The Morgan fingerprint density at radius 1 is 1.36 bits per heavy atom. The number of anilines is 2. The Hall–Kier alpha value is -3.56. The van der Waals surface area contributed by atoms with Gasteiger partial charge in [-0.05, 0) is 53.6 Å². The molecule has 28 heavy (non-hydrogen) atoms. The van der Waals surface area contributed by atoms with Crippen LogP contribution in [-0.2, 0) is 9.59 Å². The fraction of sp³-hybridized carbons (Fsp3) is 0.278. The molecule has 0 saturated heterocycles. The van der Waals surface area contributed by atoms with Gasteiger partial charge in [0.05, 0.1) is 0 Å². The number of nitro groups is 1. The summed E-state index contributed by atoms with van der Waals surface area (Å²) in [6, 6.07) is 6.63. The molecular weight excluding hydrogens is 371 g/mol. The second kappa shape index (κ2) is 7.59. The highest BCUT2D eigenvalue weighted by Crippen LogP contribution is 2.36. The Kier molecular flexibility index (Phi) is 5.21. The quantitative estimate of drug-likeness (QED) is 0.622. The number of hydrogen-bond donors (Lipinski definition) is 1. The third kappa shape index (κ3) is 3.61. The van der Waals surface area contributed by atoms with Gasteiger partial charge in [0.15, 0.2) is 11.9 Å². The number of fused-ring (bicyclic) bond motifs is 1. The summed E-state index contributed by atoms with van der Waals surface area (Å²) >= 11 is 0. The standard InChI is InChI=1S/C18H17FN4O5/c1-3-13-18(25)22(16-14(28-13)8-9-15(21-16)23(26)27)10(2)17(24)20-12-6-4-11(19)5-7-12/h4-10,13H,3H2,1-2H3,(H,20,24). The van der Waals surface area contributed by atoms with E-state index in [0.717, 1.165) is 4.90 Å². The van der Waals surface area contributed by atoms with Gasteiger partial charge in [0.25, 0.3) is 11.7 Å². The average Bonchev–Trinajstić information content (AvgIpc) is 2.68. The van der Waals surface area contributed by atoms with Crippen molar-refractivity contribution in [3.05, 3.63) is 52.3 Å². The number of benzene rings is 1. The smallest absolute Gasteiger partial charge is 0.366 e. The molecule has 0 bridgehead atoms. The maximum absolute atomic E-state index is 13.0. The highest BCUT2D eigenvalue weighted by Gasteiger charge is 2.42. The number of halogens is 1. The Balaban J connectivity index is 1.94. The normalized spacial score (nSPS) is 16.8. The molecule has 9 nitrogen and oxygen atoms in total. The molecule has 1 aliphatic heterocycles. The van der Waals surface area contributed by atoms with Crippen LogP contribution in [0.5, 0.6) is 5.75 Å². The molecule has 2 atom stereocenters. The fourth-order valence-electron chi connectivity index (χ4n) is 2.78. The largest absolute Gasteiger partial charge is 0.474 e. The first kappa shape index (κ1) is 19.2. The molecule has 2 unspecified atom stereocenters. The van der Waals surface area contributed by atoms with Gasteiger partial charge in [-0.1, -0.05) is 6.92 Å². The van der Waals surface area contributed by atoms with E-state index < -0.39 is 40.5 Å². The minimum Gasteiger partial charge on any atom is -0.474 e. The summed E-state index contributed by atoms with van der Waals surface area (Å²) in [5.74, 6) is -1.92. The first-order chi connectivity index (χ1) is 13.3. The zero-order valence-electron chi connectivity index (χ0n) is 15.1. The lowest BCUT2D eigenvalue weighted by atomic mass is 10.1. The number of nitrogens with one attached hydrogen (secondary N) is 1. The molecule has 0 radical (unpaired) electrons. The van der Waals surface area contributed by atoms with Crippen LogP contribution in [0.4, 0.5) is 21.7 Å². The Morgan fingerprint density at radius 3 is 2.64 bits per heavy atom. The van der Waals surface area contributed by atoms with E-state index in [4.69, 9.17) is 4.74 Å². The van der Waals surface area contributed by atoms with Gasteiger partial charge < -0.3 is 20.2 Å². The summed E-state index contributed by atoms with van der Waals surface area (Å²) in [5.41, 5.74) is 0.346. The van der Waals surface area contributed by atoms with E-state index in [-0.39, 0.29) is 11.6 Å². The van der Waals surface area contributed by atoms with Crippen LogP contribution in [0.25, 0.3) is 0 Å². The van der Waals surface area contributed by atoms with Crippen molar-refractivity contribution in [2.75, 3.05) is 10.2 Å². The number of hydrogen-bond acceptors (Lipinski definition) is 6. The molecule has 0 saturated carbocycles. The van der Waals surface area contributed by atoms with Gasteiger partial charge >= 0.3 is 5.82 Å². The molecular formula is C18H17FN4O5. The van der Waals surface area contributed by atoms with Crippen LogP contribution in [0.2, 0.25) is 0 Å². The number of carbonyl (C=O) groups excluding carboxylic acids is 2. The summed E-state index contributed by atoms with van der Waals surface area (Å²) in [5, 5.41) is 13.6. The molecule has 146 valence electrons. The van der Waals surface area contributed by atoms with Crippen molar-refractivity contribution in [1.29, 1.82) is 0 Å². The van der Waals surface area contributed by atoms with Gasteiger partial charge in [-0.2, -0.15) is 0 Å². The van der Waals surface area contributed by atoms with Crippen molar-refractivity contribution in [3.8, 4) is 5.75 Å². The van der Waals surface area contributed by atoms with E-state index in [9.17, 15) is 24.1 Å². The number of ether oxygens (including phenoxy) is 1. The van der Waals surface area contributed by atoms with E-state index in [1.165, 1.54) is 43.3 Å². The van der Waals surface area contributed by atoms with E-state index in [1.54, 1.807) is 6.92 Å². The average molecular weight is 388 g/mol. The first-order valence-corrected chi connectivity index (χ1v) is 8.53. The molecule has 1 aliphatic rings. The molecule has 1 aromatic heterocycles. The Morgan fingerprint density at radius 2 is 2.04 bits per heavy atom. The van der Waals surface area contributed by atoms with Crippen LogP contribution < -0.4 is 15.0 Å². The molecule has 2 amide bonds. The van der Waals surface area contributed by atoms with E-state index >= 15 is 0 Å². The van der Waals surface area contributed by atoms with Crippen LogP contribution in [0, 0.1) is 15.9 Å². The lowest BCUT2D eigenvalue weighted by Gasteiger charge is -2.33. The molecule has 2 aromatic rings. The monoisotopic (exact) mass is 388 g/mol. The highest BCUT2D eigenvalue weighted by atomic mass is 19.1. The minimum absolute atomic E-state index is 0.0920. The summed E-state index contributed by atoms with van der Waals surface area (Å²) in [4.78, 5) is 40.8. The topological polar surface area (TPSA) is 115 Å². The fourth-order valence-corrected chi connectivity index (χ4v) is 2.78. The van der Waals surface area contributed by atoms with Crippen molar-refractivity contribution in [2.24, 2.45) is 0 Å². The molecule has 0 aliphatic carbocycles. The van der Waals surface area contributed by atoms with Crippen molar-refractivity contribution < 1.29 is 23.6 Å². The van der Waals surface area contributed by atoms with Gasteiger partial charge in [-0.15, -0.1) is 0 Å². The predicted molar refractivity (Wildman–Crippen MR) is 97.6 cm³/mol. The van der Waals surface area contributed by atoms with Crippen LogP contribution in [0.15, 0.2) is 36.4 Å². The third-order valence-electron chi connectivity index (χ3n) is 4.27. The number of pyridine rings is 1. The SMILES string of the molecule is CCC1Oc2ccc([N+](=O)[O-])nc2N(C(C)C(=O)Nc2ccc(F)cc2)C1=O. The molecule has 1 N–H and O–H groups in total. The molecule has 3 rings (SSSR count). The number of nitrogens with zero attached hydrogens (tertiary/aromatic N) is 3. The van der Waals surface area contributed by atoms with Gasteiger partial charge in [0.1, 0.15) is 11.9 Å². The molecule has 0 fully saturated rings. The summed E-state index contributed by atoms with van der Waals surface area (Å²) < 4.78 is 18.6. The first-order valence-electron chi connectivity index (χ1n) is 8.53. The van der Waals surface area contributed by atoms with E-state index in [2.05, 4.69) is 10.3 Å². The maximum atomic E-state index is 13.0. The van der Waals surface area contributed by atoms with Gasteiger partial charge in [0.2, 0.25) is 5.91 Å². The maximum Gasteiger partial charge on any atom is 0.366 e. The van der Waals surface area contributed by atoms with Crippen LogP contribution in [0.1, 0.15) is 20.3 Å². The number of rotatable bonds is 5. The van der Waals surface area contributed by atoms with Crippen LogP contribution >= 0.6 is 0 Å². The molecule has 0 spiro atoms. The van der Waals surface area contributed by atoms with Crippen molar-refractivity contribution in [2.45, 2.75) is 32.4 Å². The lowest BCUT2D eigenvalue weighted by Crippen LogP contribution is -2.53.